The van der Waals surface area contributed by atoms with Gasteiger partial charge in [-0.05, 0) is 29.8 Å². The van der Waals surface area contributed by atoms with E-state index in [-0.39, 0.29) is 18.2 Å². The number of alkyl halides is 6. The first-order chi connectivity index (χ1) is 13.1. The lowest BCUT2D eigenvalue weighted by Gasteiger charge is -2.37. The fourth-order valence-electron chi connectivity index (χ4n) is 3.36. The number of halogens is 6. The van der Waals surface area contributed by atoms with Gasteiger partial charge in [0.15, 0.2) is 0 Å². The lowest BCUT2D eigenvalue weighted by molar-refractivity contribution is -0.143. The summed E-state index contributed by atoms with van der Waals surface area (Å²) in [6.45, 7) is 2.56. The highest BCUT2D eigenvalue weighted by Gasteiger charge is 2.37. The van der Waals surface area contributed by atoms with Crippen molar-refractivity contribution in [3.63, 3.8) is 0 Å². The van der Waals surface area contributed by atoms with Gasteiger partial charge in [-0.1, -0.05) is 24.3 Å². The SMILES string of the molecule is FC(F)(F)c1cc(CN2CCN(C3=CC=CC=CC3)CC2)cc(C(F)(F)F)c1. The molecule has 0 aromatic heterocycles. The predicted molar refractivity (Wildman–Crippen MR) is 94.3 cm³/mol. The number of piperazine rings is 1. The molecule has 1 fully saturated rings. The van der Waals surface area contributed by atoms with Gasteiger partial charge < -0.3 is 4.90 Å². The van der Waals surface area contributed by atoms with Crippen LogP contribution in [-0.4, -0.2) is 36.0 Å². The number of benzene rings is 1. The van der Waals surface area contributed by atoms with Gasteiger partial charge in [0.05, 0.1) is 11.1 Å². The Hall–Kier alpha value is -2.22. The Labute approximate surface area is 159 Å². The first kappa shape index (κ1) is 20.5. The second-order valence-electron chi connectivity index (χ2n) is 6.85. The minimum atomic E-state index is -4.82. The number of allylic oxidation sites excluding steroid dienone is 5. The number of hydrogen-bond donors (Lipinski definition) is 0. The predicted octanol–water partition coefficient (Wildman–Crippen LogP) is 5.24. The summed E-state index contributed by atoms with van der Waals surface area (Å²) in [6.07, 6.45) is 1.09. The van der Waals surface area contributed by atoms with Crippen LogP contribution in [0.4, 0.5) is 26.3 Å². The normalized spacial score (nSPS) is 18.9. The summed E-state index contributed by atoms with van der Waals surface area (Å²) in [5, 5.41) is 0. The Morgan fingerprint density at radius 3 is 1.93 bits per heavy atom. The number of nitrogens with zero attached hydrogens (tertiary/aromatic N) is 2. The molecular formula is C20H20F6N2. The van der Waals surface area contributed by atoms with Crippen LogP contribution in [-0.2, 0) is 18.9 Å². The van der Waals surface area contributed by atoms with Crippen LogP contribution in [0.15, 0.2) is 54.3 Å². The van der Waals surface area contributed by atoms with Crippen molar-refractivity contribution in [3.05, 3.63) is 71.0 Å². The van der Waals surface area contributed by atoms with Crippen LogP contribution >= 0.6 is 0 Å². The molecule has 0 radical (unpaired) electrons. The number of rotatable bonds is 3. The monoisotopic (exact) mass is 402 g/mol. The first-order valence-corrected chi connectivity index (χ1v) is 8.91. The third kappa shape index (κ3) is 5.19. The molecule has 1 aliphatic heterocycles. The quantitative estimate of drug-likeness (QED) is 0.638. The first-order valence-electron chi connectivity index (χ1n) is 8.91. The summed E-state index contributed by atoms with van der Waals surface area (Å²) in [5.74, 6) is 0. The molecule has 1 aromatic carbocycles. The minimum absolute atomic E-state index is 0.0233. The molecule has 0 unspecified atom stereocenters. The molecular weight excluding hydrogens is 382 g/mol. The Balaban J connectivity index is 1.70. The number of hydrogen-bond acceptors (Lipinski definition) is 2. The summed E-state index contributed by atoms with van der Waals surface area (Å²) in [7, 11) is 0. The van der Waals surface area contributed by atoms with E-state index in [0.717, 1.165) is 24.3 Å². The Morgan fingerprint density at radius 2 is 1.36 bits per heavy atom. The highest BCUT2D eigenvalue weighted by Crippen LogP contribution is 2.36. The van der Waals surface area contributed by atoms with Gasteiger partial charge in [0, 0.05) is 44.8 Å². The van der Waals surface area contributed by atoms with E-state index in [9.17, 15) is 26.3 Å². The van der Waals surface area contributed by atoms with Crippen LogP contribution in [0.25, 0.3) is 0 Å². The third-order valence-corrected chi connectivity index (χ3v) is 4.81. The molecule has 1 heterocycles. The Bertz CT molecular complexity index is 749. The van der Waals surface area contributed by atoms with Crippen molar-refractivity contribution >= 4 is 0 Å². The van der Waals surface area contributed by atoms with Crippen molar-refractivity contribution in [2.45, 2.75) is 25.3 Å². The van der Waals surface area contributed by atoms with Crippen LogP contribution < -0.4 is 0 Å². The van der Waals surface area contributed by atoms with E-state index in [0.29, 0.717) is 26.2 Å². The van der Waals surface area contributed by atoms with Crippen LogP contribution in [0.3, 0.4) is 0 Å². The minimum Gasteiger partial charge on any atom is -0.372 e. The van der Waals surface area contributed by atoms with Crippen LogP contribution in [0.1, 0.15) is 23.1 Å². The smallest absolute Gasteiger partial charge is 0.372 e. The summed E-state index contributed by atoms with van der Waals surface area (Å²) in [6, 6.07) is 1.79. The van der Waals surface area contributed by atoms with Crippen molar-refractivity contribution in [2.75, 3.05) is 26.2 Å². The second-order valence-corrected chi connectivity index (χ2v) is 6.85. The van der Waals surface area contributed by atoms with E-state index in [4.69, 9.17) is 0 Å². The van der Waals surface area contributed by atoms with Gasteiger partial charge in [-0.3, -0.25) is 4.90 Å². The molecule has 3 rings (SSSR count). The molecule has 152 valence electrons. The van der Waals surface area contributed by atoms with Gasteiger partial charge in [0.2, 0.25) is 0 Å². The maximum atomic E-state index is 13.0. The molecule has 1 saturated heterocycles. The van der Waals surface area contributed by atoms with Gasteiger partial charge in [0.25, 0.3) is 0 Å². The molecule has 8 heteroatoms. The molecule has 28 heavy (non-hydrogen) atoms. The maximum Gasteiger partial charge on any atom is 0.416 e. The lowest BCUT2D eigenvalue weighted by Crippen LogP contribution is -2.45. The second kappa shape index (κ2) is 8.03. The average Bonchev–Trinajstić information content (AvgIpc) is 2.90. The molecule has 0 spiro atoms. The maximum absolute atomic E-state index is 13.0. The van der Waals surface area contributed by atoms with E-state index < -0.39 is 23.5 Å². The fraction of sp³-hybridized carbons (Fsp3) is 0.400. The summed E-state index contributed by atoms with van der Waals surface area (Å²) < 4.78 is 78.0. The highest BCUT2D eigenvalue weighted by molar-refractivity contribution is 5.33. The summed E-state index contributed by atoms with van der Waals surface area (Å²) >= 11 is 0. The molecule has 0 bridgehead atoms. The molecule has 2 aliphatic rings. The molecule has 1 aliphatic carbocycles. The van der Waals surface area contributed by atoms with E-state index in [2.05, 4.69) is 4.90 Å². The molecule has 0 N–H and O–H groups in total. The zero-order valence-electron chi connectivity index (χ0n) is 15.0. The van der Waals surface area contributed by atoms with Crippen LogP contribution in [0, 0.1) is 0 Å². The summed E-state index contributed by atoms with van der Waals surface area (Å²) in [4.78, 5) is 4.08. The molecule has 0 saturated carbocycles. The Morgan fingerprint density at radius 1 is 0.750 bits per heavy atom. The van der Waals surface area contributed by atoms with Gasteiger partial charge in [-0.15, -0.1) is 0 Å². The zero-order chi connectivity index (χ0) is 20.4. The van der Waals surface area contributed by atoms with Crippen molar-refractivity contribution < 1.29 is 26.3 Å². The van der Waals surface area contributed by atoms with Gasteiger partial charge in [0.1, 0.15) is 0 Å². The summed E-state index contributed by atoms with van der Waals surface area (Å²) in [5.41, 5.74) is -1.35. The Kier molecular flexibility index (Phi) is 5.88. The zero-order valence-corrected chi connectivity index (χ0v) is 15.0. The van der Waals surface area contributed by atoms with Gasteiger partial charge >= 0.3 is 12.4 Å². The largest absolute Gasteiger partial charge is 0.416 e. The van der Waals surface area contributed by atoms with Crippen LogP contribution in [0.2, 0.25) is 0 Å². The van der Waals surface area contributed by atoms with Gasteiger partial charge in [-0.25, -0.2) is 0 Å². The van der Waals surface area contributed by atoms with Crippen molar-refractivity contribution in [2.24, 2.45) is 0 Å². The molecule has 0 atom stereocenters. The highest BCUT2D eigenvalue weighted by atomic mass is 19.4. The topological polar surface area (TPSA) is 6.48 Å². The van der Waals surface area contributed by atoms with E-state index in [1.54, 1.807) is 0 Å². The molecule has 2 nitrogen and oxygen atoms in total. The fourth-order valence-corrected chi connectivity index (χ4v) is 3.36. The van der Waals surface area contributed by atoms with E-state index in [1.807, 2.05) is 35.3 Å². The van der Waals surface area contributed by atoms with Crippen molar-refractivity contribution in [1.29, 1.82) is 0 Å². The van der Waals surface area contributed by atoms with E-state index in [1.165, 1.54) is 0 Å². The van der Waals surface area contributed by atoms with E-state index >= 15 is 0 Å². The van der Waals surface area contributed by atoms with Crippen molar-refractivity contribution in [3.8, 4) is 0 Å². The standard InChI is InChI=1S/C20H20F6N2/c21-19(22,23)16-11-15(12-17(13-16)20(24,25)26)14-27-7-9-28(10-8-27)18-5-3-1-2-4-6-18/h1-5,11-13H,6-10,14H2. The third-order valence-electron chi connectivity index (χ3n) is 4.81. The lowest BCUT2D eigenvalue weighted by atomic mass is 10.0. The molecule has 1 aromatic rings. The van der Waals surface area contributed by atoms with Crippen molar-refractivity contribution in [1.82, 2.24) is 9.80 Å². The van der Waals surface area contributed by atoms with Crippen LogP contribution in [0.5, 0.6) is 0 Å². The van der Waals surface area contributed by atoms with Gasteiger partial charge in [-0.2, -0.15) is 26.3 Å². The average molecular weight is 402 g/mol. The molecule has 0 amide bonds.